The van der Waals surface area contributed by atoms with Gasteiger partial charge in [0.1, 0.15) is 0 Å². The Hall–Kier alpha value is -1.88. The molecule has 0 aliphatic carbocycles. The zero-order valence-corrected chi connectivity index (χ0v) is 14.3. The molecule has 1 aromatic rings. The molecule has 2 amide bonds. The predicted octanol–water partition coefficient (Wildman–Crippen LogP) is 1.87. The van der Waals surface area contributed by atoms with Crippen LogP contribution >= 0.6 is 0 Å². The molecule has 1 aromatic carbocycles. The predicted molar refractivity (Wildman–Crippen MR) is 90.1 cm³/mol. The lowest BCUT2D eigenvalue weighted by molar-refractivity contribution is -0.127. The highest BCUT2D eigenvalue weighted by Gasteiger charge is 2.35. The molecule has 1 aliphatic heterocycles. The average Bonchev–Trinajstić information content (AvgIpc) is 2.86. The third-order valence-electron chi connectivity index (χ3n) is 4.31. The highest BCUT2D eigenvalue weighted by Crippen LogP contribution is 2.25. The van der Waals surface area contributed by atoms with Crippen molar-refractivity contribution in [2.45, 2.75) is 40.2 Å². The second kappa shape index (κ2) is 6.71. The summed E-state index contributed by atoms with van der Waals surface area (Å²) in [6.07, 6.45) is -0.401. The molecule has 2 atom stereocenters. The summed E-state index contributed by atoms with van der Waals surface area (Å²) in [5.74, 6) is -0.572. The standard InChI is InChI=1S/C18H26N2O3/c1-12-5-7-14(8-6-12)20-11-13(9-16(20)22)17(23)19-10-15(21)18(2,3)4/h5-8,13,15,21H,9-11H2,1-4H3,(H,19,23). The number of carbonyl (C=O) groups is 2. The van der Waals surface area contributed by atoms with Crippen molar-refractivity contribution in [2.75, 3.05) is 18.0 Å². The number of hydrogen-bond acceptors (Lipinski definition) is 3. The maximum absolute atomic E-state index is 12.3. The van der Waals surface area contributed by atoms with Crippen molar-refractivity contribution in [3.63, 3.8) is 0 Å². The molecular weight excluding hydrogens is 292 g/mol. The lowest BCUT2D eigenvalue weighted by Crippen LogP contribution is -2.42. The summed E-state index contributed by atoms with van der Waals surface area (Å²) < 4.78 is 0. The van der Waals surface area contributed by atoms with Crippen molar-refractivity contribution in [1.29, 1.82) is 0 Å². The van der Waals surface area contributed by atoms with Crippen molar-refractivity contribution < 1.29 is 14.7 Å². The van der Waals surface area contributed by atoms with E-state index in [4.69, 9.17) is 0 Å². The number of carbonyl (C=O) groups excluding carboxylic acids is 2. The Morgan fingerprint density at radius 1 is 1.35 bits per heavy atom. The first-order valence-corrected chi connectivity index (χ1v) is 8.01. The van der Waals surface area contributed by atoms with Gasteiger partial charge in [-0.25, -0.2) is 0 Å². The summed E-state index contributed by atoms with van der Waals surface area (Å²) in [6.45, 7) is 8.34. The Labute approximate surface area is 137 Å². The monoisotopic (exact) mass is 318 g/mol. The van der Waals surface area contributed by atoms with Crippen LogP contribution in [0, 0.1) is 18.3 Å². The fourth-order valence-corrected chi connectivity index (χ4v) is 2.51. The number of aliphatic hydroxyl groups excluding tert-OH is 1. The number of nitrogens with zero attached hydrogens (tertiary/aromatic N) is 1. The second-order valence-corrected chi connectivity index (χ2v) is 7.37. The van der Waals surface area contributed by atoms with Gasteiger partial charge < -0.3 is 15.3 Å². The third kappa shape index (κ3) is 4.32. The lowest BCUT2D eigenvalue weighted by Gasteiger charge is -2.26. The molecular formula is C18H26N2O3. The Morgan fingerprint density at radius 3 is 2.52 bits per heavy atom. The summed E-state index contributed by atoms with van der Waals surface area (Å²) in [5.41, 5.74) is 1.67. The van der Waals surface area contributed by atoms with Gasteiger partial charge in [0, 0.05) is 25.2 Å². The minimum absolute atomic E-state index is 0.0367. The van der Waals surface area contributed by atoms with E-state index in [0.717, 1.165) is 11.3 Å². The molecule has 1 fully saturated rings. The molecule has 2 rings (SSSR count). The van der Waals surface area contributed by atoms with Crippen LogP contribution in [0.15, 0.2) is 24.3 Å². The first-order chi connectivity index (χ1) is 10.7. The Bertz CT molecular complexity index is 575. The molecule has 0 spiro atoms. The molecule has 23 heavy (non-hydrogen) atoms. The van der Waals surface area contributed by atoms with Gasteiger partial charge in [-0.1, -0.05) is 38.5 Å². The number of hydrogen-bond donors (Lipinski definition) is 2. The third-order valence-corrected chi connectivity index (χ3v) is 4.31. The minimum Gasteiger partial charge on any atom is -0.391 e. The minimum atomic E-state index is -0.614. The number of anilines is 1. The number of nitrogens with one attached hydrogen (secondary N) is 1. The van der Waals surface area contributed by atoms with E-state index < -0.39 is 6.10 Å². The van der Waals surface area contributed by atoms with E-state index in [1.807, 2.05) is 52.0 Å². The number of aliphatic hydroxyl groups is 1. The summed E-state index contributed by atoms with van der Waals surface area (Å²) in [7, 11) is 0. The van der Waals surface area contributed by atoms with Gasteiger partial charge >= 0.3 is 0 Å². The summed E-state index contributed by atoms with van der Waals surface area (Å²) in [4.78, 5) is 26.1. The Morgan fingerprint density at radius 2 is 1.96 bits per heavy atom. The first-order valence-electron chi connectivity index (χ1n) is 8.01. The number of rotatable bonds is 4. The van der Waals surface area contributed by atoms with E-state index in [-0.39, 0.29) is 36.1 Å². The van der Waals surface area contributed by atoms with E-state index in [9.17, 15) is 14.7 Å². The van der Waals surface area contributed by atoms with Crippen LogP contribution in [0.5, 0.6) is 0 Å². The summed E-state index contributed by atoms with van der Waals surface area (Å²) in [5, 5.41) is 12.8. The Kier molecular flexibility index (Phi) is 5.09. The average molecular weight is 318 g/mol. The van der Waals surface area contributed by atoms with E-state index in [1.54, 1.807) is 4.90 Å². The maximum atomic E-state index is 12.3. The van der Waals surface area contributed by atoms with E-state index in [0.29, 0.717) is 6.54 Å². The van der Waals surface area contributed by atoms with Crippen LogP contribution in [-0.4, -0.2) is 36.1 Å². The molecule has 126 valence electrons. The molecule has 5 nitrogen and oxygen atoms in total. The van der Waals surface area contributed by atoms with Gasteiger partial charge in [-0.15, -0.1) is 0 Å². The van der Waals surface area contributed by atoms with Crippen molar-refractivity contribution in [3.8, 4) is 0 Å². The molecule has 1 heterocycles. The number of aryl methyl sites for hydroxylation is 1. The van der Waals surface area contributed by atoms with Crippen molar-refractivity contribution >= 4 is 17.5 Å². The SMILES string of the molecule is Cc1ccc(N2CC(C(=O)NCC(O)C(C)(C)C)CC2=O)cc1. The van der Waals surface area contributed by atoms with Crippen molar-refractivity contribution in [1.82, 2.24) is 5.32 Å². The highest BCUT2D eigenvalue weighted by atomic mass is 16.3. The van der Waals surface area contributed by atoms with Gasteiger partial charge in [-0.2, -0.15) is 0 Å². The van der Waals surface area contributed by atoms with Gasteiger partial charge in [0.25, 0.3) is 0 Å². The lowest BCUT2D eigenvalue weighted by atomic mass is 9.89. The van der Waals surface area contributed by atoms with Gasteiger partial charge in [-0.3, -0.25) is 9.59 Å². The van der Waals surface area contributed by atoms with E-state index in [1.165, 1.54) is 0 Å². The van der Waals surface area contributed by atoms with Crippen LogP contribution in [0.3, 0.4) is 0 Å². The number of amides is 2. The number of benzene rings is 1. The van der Waals surface area contributed by atoms with Crippen LogP contribution < -0.4 is 10.2 Å². The fourth-order valence-electron chi connectivity index (χ4n) is 2.51. The molecule has 2 N–H and O–H groups in total. The molecule has 1 saturated heterocycles. The molecule has 5 heteroatoms. The molecule has 0 bridgehead atoms. The van der Waals surface area contributed by atoms with Crippen LogP contribution in [0.1, 0.15) is 32.8 Å². The molecule has 2 unspecified atom stereocenters. The largest absolute Gasteiger partial charge is 0.391 e. The first kappa shape index (κ1) is 17.5. The maximum Gasteiger partial charge on any atom is 0.227 e. The van der Waals surface area contributed by atoms with Gasteiger partial charge in [0.2, 0.25) is 11.8 Å². The zero-order valence-electron chi connectivity index (χ0n) is 14.3. The molecule has 0 radical (unpaired) electrons. The highest BCUT2D eigenvalue weighted by molar-refractivity contribution is 6.00. The van der Waals surface area contributed by atoms with Crippen LogP contribution in [0.4, 0.5) is 5.69 Å². The molecule has 0 saturated carbocycles. The molecule has 0 aromatic heterocycles. The quantitative estimate of drug-likeness (QED) is 0.890. The summed E-state index contributed by atoms with van der Waals surface area (Å²) >= 11 is 0. The summed E-state index contributed by atoms with van der Waals surface area (Å²) in [6, 6.07) is 7.71. The van der Waals surface area contributed by atoms with Gasteiger partial charge in [0.15, 0.2) is 0 Å². The van der Waals surface area contributed by atoms with Crippen molar-refractivity contribution in [2.24, 2.45) is 11.3 Å². The van der Waals surface area contributed by atoms with Crippen LogP contribution in [0.2, 0.25) is 0 Å². The van der Waals surface area contributed by atoms with E-state index in [2.05, 4.69) is 5.32 Å². The van der Waals surface area contributed by atoms with Crippen LogP contribution in [-0.2, 0) is 9.59 Å². The normalized spacial score (nSPS) is 19.8. The van der Waals surface area contributed by atoms with Gasteiger partial charge in [-0.05, 0) is 24.5 Å². The fraction of sp³-hybridized carbons (Fsp3) is 0.556. The zero-order chi connectivity index (χ0) is 17.2. The van der Waals surface area contributed by atoms with Gasteiger partial charge in [0.05, 0.1) is 12.0 Å². The van der Waals surface area contributed by atoms with Crippen LogP contribution in [0.25, 0.3) is 0 Å². The van der Waals surface area contributed by atoms with E-state index >= 15 is 0 Å². The van der Waals surface area contributed by atoms with Crippen molar-refractivity contribution in [3.05, 3.63) is 29.8 Å². The Balaban J connectivity index is 1.94. The topological polar surface area (TPSA) is 69.6 Å². The second-order valence-electron chi connectivity index (χ2n) is 7.37. The smallest absolute Gasteiger partial charge is 0.227 e. The molecule has 1 aliphatic rings.